The second-order valence-corrected chi connectivity index (χ2v) is 4.24. The first-order valence-electron chi connectivity index (χ1n) is 5.53. The van der Waals surface area contributed by atoms with Crippen molar-refractivity contribution in [2.45, 2.75) is 13.1 Å². The van der Waals surface area contributed by atoms with Gasteiger partial charge in [-0.2, -0.15) is 18.3 Å². The van der Waals surface area contributed by atoms with E-state index in [9.17, 15) is 18.0 Å². The summed E-state index contributed by atoms with van der Waals surface area (Å²) in [5.74, 6) is -0.752. The van der Waals surface area contributed by atoms with Gasteiger partial charge in [0.1, 0.15) is 5.82 Å². The zero-order valence-electron chi connectivity index (χ0n) is 10.4. The molecule has 106 valence electrons. The number of nitrogens with zero attached hydrogens (tertiary/aromatic N) is 2. The van der Waals surface area contributed by atoms with Gasteiger partial charge in [-0.1, -0.05) is 0 Å². The van der Waals surface area contributed by atoms with Gasteiger partial charge < -0.3 is 11.5 Å². The molecule has 1 aromatic carbocycles. The Morgan fingerprint density at radius 1 is 1.35 bits per heavy atom. The van der Waals surface area contributed by atoms with Crippen molar-refractivity contribution in [1.29, 1.82) is 0 Å². The molecule has 20 heavy (non-hydrogen) atoms. The minimum atomic E-state index is -4.55. The molecule has 2 rings (SSSR count). The predicted octanol–water partition coefficient (Wildman–Crippen LogP) is 1.88. The van der Waals surface area contributed by atoms with Gasteiger partial charge in [0.15, 0.2) is 0 Å². The number of alkyl halides is 3. The maximum absolute atomic E-state index is 12.6. The van der Waals surface area contributed by atoms with E-state index in [2.05, 4.69) is 5.10 Å². The molecular formula is C12H11F3N4O. The lowest BCUT2D eigenvalue weighted by Crippen LogP contribution is -2.17. The van der Waals surface area contributed by atoms with Crippen LogP contribution in [0.1, 0.15) is 21.5 Å². The Bertz CT molecular complexity index is 656. The number of aryl methyl sites for hydroxylation is 1. The fraction of sp³-hybridized carbons (Fsp3) is 0.167. The summed E-state index contributed by atoms with van der Waals surface area (Å²) in [6, 6.07) is 2.69. The minimum absolute atomic E-state index is 0.144. The van der Waals surface area contributed by atoms with E-state index in [1.54, 1.807) is 6.92 Å². The first kappa shape index (κ1) is 13.9. The number of anilines is 1. The van der Waals surface area contributed by atoms with E-state index in [1.807, 2.05) is 0 Å². The van der Waals surface area contributed by atoms with Crippen LogP contribution in [-0.2, 0) is 6.18 Å². The third kappa shape index (κ3) is 2.44. The van der Waals surface area contributed by atoms with E-state index in [0.29, 0.717) is 11.6 Å². The summed E-state index contributed by atoms with van der Waals surface area (Å²) in [5, 5.41) is 3.92. The summed E-state index contributed by atoms with van der Waals surface area (Å²) in [7, 11) is 0. The van der Waals surface area contributed by atoms with Crippen LogP contribution in [-0.4, -0.2) is 15.7 Å². The Kier molecular flexibility index (Phi) is 3.16. The standard InChI is InChI=1S/C12H11F3N4O/c1-6-5-19(18-10(6)16)9-3-2-7(12(13,14)15)4-8(9)11(17)20/h2-5H,1H3,(H2,16,18)(H2,17,20). The summed E-state index contributed by atoms with van der Waals surface area (Å²) in [5.41, 5.74) is 10.3. The SMILES string of the molecule is Cc1cn(-c2ccc(C(F)(F)F)cc2C(N)=O)nc1N. The zero-order chi connectivity index (χ0) is 15.1. The average Bonchev–Trinajstić information content (AvgIpc) is 2.67. The highest BCUT2D eigenvalue weighted by Crippen LogP contribution is 2.31. The van der Waals surface area contributed by atoms with Crippen molar-refractivity contribution in [2.75, 3.05) is 5.73 Å². The van der Waals surface area contributed by atoms with Crippen LogP contribution < -0.4 is 11.5 Å². The van der Waals surface area contributed by atoms with E-state index in [4.69, 9.17) is 11.5 Å². The number of carbonyl (C=O) groups is 1. The Hall–Kier alpha value is -2.51. The number of amides is 1. The highest BCUT2D eigenvalue weighted by molar-refractivity contribution is 5.96. The van der Waals surface area contributed by atoms with Gasteiger partial charge >= 0.3 is 6.18 Å². The van der Waals surface area contributed by atoms with Crippen LogP contribution in [0.3, 0.4) is 0 Å². The molecule has 0 aliphatic heterocycles. The van der Waals surface area contributed by atoms with Crippen molar-refractivity contribution in [2.24, 2.45) is 5.73 Å². The number of carbonyl (C=O) groups excluding carboxylic acids is 1. The van der Waals surface area contributed by atoms with Gasteiger partial charge in [0, 0.05) is 11.8 Å². The maximum atomic E-state index is 12.6. The molecule has 5 nitrogen and oxygen atoms in total. The molecule has 0 radical (unpaired) electrons. The van der Waals surface area contributed by atoms with Crippen LogP contribution in [0.5, 0.6) is 0 Å². The number of halogens is 3. The van der Waals surface area contributed by atoms with Gasteiger partial charge in [-0.15, -0.1) is 0 Å². The summed E-state index contributed by atoms with van der Waals surface area (Å²) in [4.78, 5) is 11.3. The van der Waals surface area contributed by atoms with Crippen LogP contribution >= 0.6 is 0 Å². The highest BCUT2D eigenvalue weighted by atomic mass is 19.4. The Labute approximate surface area is 112 Å². The molecule has 1 amide bonds. The molecule has 0 aliphatic carbocycles. The lowest BCUT2D eigenvalue weighted by molar-refractivity contribution is -0.137. The van der Waals surface area contributed by atoms with Gasteiger partial charge in [-0.3, -0.25) is 4.79 Å². The minimum Gasteiger partial charge on any atom is -0.382 e. The summed E-state index contributed by atoms with van der Waals surface area (Å²) in [6.07, 6.45) is -3.05. The Morgan fingerprint density at radius 2 is 2.00 bits per heavy atom. The van der Waals surface area contributed by atoms with Crippen LogP contribution in [0.15, 0.2) is 24.4 Å². The first-order valence-corrected chi connectivity index (χ1v) is 5.53. The molecule has 0 saturated carbocycles. The van der Waals surface area contributed by atoms with Gasteiger partial charge in [-0.25, -0.2) is 4.68 Å². The molecule has 0 fully saturated rings. The van der Waals surface area contributed by atoms with Crippen molar-refractivity contribution in [1.82, 2.24) is 9.78 Å². The first-order chi connectivity index (χ1) is 9.20. The number of aromatic nitrogens is 2. The number of hydrogen-bond donors (Lipinski definition) is 2. The van der Waals surface area contributed by atoms with Gasteiger partial charge in [0.25, 0.3) is 5.91 Å². The molecule has 0 unspecified atom stereocenters. The summed E-state index contributed by atoms with van der Waals surface area (Å²) >= 11 is 0. The summed E-state index contributed by atoms with van der Waals surface area (Å²) < 4.78 is 39.1. The van der Waals surface area contributed by atoms with Crippen molar-refractivity contribution in [3.63, 3.8) is 0 Å². The normalized spacial score (nSPS) is 11.6. The van der Waals surface area contributed by atoms with Gasteiger partial charge in [0.05, 0.1) is 16.8 Å². The fourth-order valence-corrected chi connectivity index (χ4v) is 1.71. The van der Waals surface area contributed by atoms with Crippen LogP contribution in [0.2, 0.25) is 0 Å². The maximum Gasteiger partial charge on any atom is 0.416 e. The second-order valence-electron chi connectivity index (χ2n) is 4.24. The van der Waals surface area contributed by atoms with E-state index in [0.717, 1.165) is 12.1 Å². The molecule has 0 spiro atoms. The highest BCUT2D eigenvalue weighted by Gasteiger charge is 2.31. The Morgan fingerprint density at radius 3 is 2.45 bits per heavy atom. The lowest BCUT2D eigenvalue weighted by atomic mass is 10.1. The van der Waals surface area contributed by atoms with Crippen LogP contribution in [0.25, 0.3) is 5.69 Å². The van der Waals surface area contributed by atoms with Crippen LogP contribution in [0.4, 0.5) is 19.0 Å². The van der Waals surface area contributed by atoms with E-state index >= 15 is 0 Å². The number of rotatable bonds is 2. The Balaban J connectivity index is 2.62. The third-order valence-corrected chi connectivity index (χ3v) is 2.77. The number of hydrogen-bond acceptors (Lipinski definition) is 3. The molecule has 8 heteroatoms. The molecule has 1 heterocycles. The monoisotopic (exact) mass is 284 g/mol. The largest absolute Gasteiger partial charge is 0.416 e. The molecule has 0 atom stereocenters. The van der Waals surface area contributed by atoms with Crippen molar-refractivity contribution >= 4 is 11.7 Å². The summed E-state index contributed by atoms with van der Waals surface area (Å²) in [6.45, 7) is 1.69. The number of nitrogen functional groups attached to an aromatic ring is 1. The molecule has 0 aliphatic rings. The van der Waals surface area contributed by atoms with Crippen molar-refractivity contribution in [3.8, 4) is 5.69 Å². The molecule has 1 aromatic heterocycles. The third-order valence-electron chi connectivity index (χ3n) is 2.77. The van der Waals surface area contributed by atoms with Gasteiger partial charge in [0.2, 0.25) is 0 Å². The second kappa shape index (κ2) is 4.55. The molecular weight excluding hydrogens is 273 g/mol. The van der Waals surface area contributed by atoms with Crippen molar-refractivity contribution < 1.29 is 18.0 Å². The molecule has 0 bridgehead atoms. The molecule has 0 saturated heterocycles. The average molecular weight is 284 g/mol. The quantitative estimate of drug-likeness (QED) is 0.882. The number of nitrogens with two attached hydrogens (primary N) is 2. The molecule has 2 aromatic rings. The zero-order valence-corrected chi connectivity index (χ0v) is 10.4. The topological polar surface area (TPSA) is 86.9 Å². The van der Waals surface area contributed by atoms with Gasteiger partial charge in [-0.05, 0) is 25.1 Å². The smallest absolute Gasteiger partial charge is 0.382 e. The van der Waals surface area contributed by atoms with E-state index in [1.165, 1.54) is 10.9 Å². The number of primary amides is 1. The lowest BCUT2D eigenvalue weighted by Gasteiger charge is -2.11. The predicted molar refractivity (Wildman–Crippen MR) is 66.2 cm³/mol. The van der Waals surface area contributed by atoms with E-state index in [-0.39, 0.29) is 17.1 Å². The van der Waals surface area contributed by atoms with E-state index < -0.39 is 17.6 Å². The van der Waals surface area contributed by atoms with Crippen LogP contribution in [0, 0.1) is 6.92 Å². The van der Waals surface area contributed by atoms with Crippen molar-refractivity contribution in [3.05, 3.63) is 41.1 Å². The number of benzene rings is 1. The fourth-order valence-electron chi connectivity index (χ4n) is 1.71. The molecule has 4 N–H and O–H groups in total.